The van der Waals surface area contributed by atoms with Gasteiger partial charge in [0.25, 0.3) is 0 Å². The van der Waals surface area contributed by atoms with Crippen LogP contribution < -0.4 is 10.6 Å². The van der Waals surface area contributed by atoms with Crippen LogP contribution in [0.4, 0.5) is 14.5 Å². The first kappa shape index (κ1) is 13.5. The second-order valence-corrected chi connectivity index (χ2v) is 4.45. The lowest BCUT2D eigenvalue weighted by Gasteiger charge is -2.21. The standard InChI is InChI=1S/C15H16F2N2/c1-19(15-4-2-3-13(16)8-15)10-11-5-6-14(17)7-12(11)9-18/h2-8H,9-10,18H2,1H3. The molecule has 2 rings (SSSR count). The molecular formula is C15H16F2N2. The smallest absolute Gasteiger partial charge is 0.125 e. The van der Waals surface area contributed by atoms with Gasteiger partial charge in [-0.25, -0.2) is 8.78 Å². The van der Waals surface area contributed by atoms with E-state index in [1.54, 1.807) is 12.1 Å². The Morgan fingerprint density at radius 1 is 1.00 bits per heavy atom. The Balaban J connectivity index is 2.21. The zero-order valence-corrected chi connectivity index (χ0v) is 10.7. The van der Waals surface area contributed by atoms with Gasteiger partial charge in [-0.2, -0.15) is 0 Å². The molecule has 0 saturated heterocycles. The Hall–Kier alpha value is -1.94. The van der Waals surface area contributed by atoms with Crippen molar-refractivity contribution in [3.8, 4) is 0 Å². The normalized spacial score (nSPS) is 10.5. The summed E-state index contributed by atoms with van der Waals surface area (Å²) in [6.07, 6.45) is 0. The molecule has 0 aliphatic carbocycles. The maximum atomic E-state index is 13.2. The summed E-state index contributed by atoms with van der Waals surface area (Å²) in [5.74, 6) is -0.569. The first-order valence-corrected chi connectivity index (χ1v) is 6.04. The number of benzene rings is 2. The summed E-state index contributed by atoms with van der Waals surface area (Å²) in [5.41, 5.74) is 8.09. The molecule has 0 aliphatic rings. The average molecular weight is 262 g/mol. The van der Waals surface area contributed by atoms with E-state index in [0.717, 1.165) is 16.8 Å². The van der Waals surface area contributed by atoms with Crippen molar-refractivity contribution in [1.82, 2.24) is 0 Å². The number of rotatable bonds is 4. The first-order chi connectivity index (χ1) is 9.10. The molecule has 0 aromatic heterocycles. The summed E-state index contributed by atoms with van der Waals surface area (Å²) in [5, 5.41) is 0. The van der Waals surface area contributed by atoms with Gasteiger partial charge < -0.3 is 10.6 Å². The summed E-state index contributed by atoms with van der Waals surface area (Å²) in [6, 6.07) is 10.9. The monoisotopic (exact) mass is 262 g/mol. The Labute approximate surface area is 111 Å². The van der Waals surface area contributed by atoms with Crippen LogP contribution in [-0.4, -0.2) is 7.05 Å². The summed E-state index contributed by atoms with van der Waals surface area (Å²) in [4.78, 5) is 1.90. The van der Waals surface area contributed by atoms with Crippen molar-refractivity contribution in [3.05, 3.63) is 65.2 Å². The minimum atomic E-state index is -0.294. The van der Waals surface area contributed by atoms with Crippen molar-refractivity contribution < 1.29 is 8.78 Å². The molecule has 2 N–H and O–H groups in total. The number of hydrogen-bond acceptors (Lipinski definition) is 2. The second-order valence-electron chi connectivity index (χ2n) is 4.45. The summed E-state index contributed by atoms with van der Waals surface area (Å²) >= 11 is 0. The fraction of sp³-hybridized carbons (Fsp3) is 0.200. The van der Waals surface area contributed by atoms with Crippen molar-refractivity contribution in [2.75, 3.05) is 11.9 Å². The molecule has 4 heteroatoms. The van der Waals surface area contributed by atoms with Crippen molar-refractivity contribution >= 4 is 5.69 Å². The highest BCUT2D eigenvalue weighted by atomic mass is 19.1. The lowest BCUT2D eigenvalue weighted by molar-refractivity contribution is 0.623. The molecule has 0 atom stereocenters. The van der Waals surface area contributed by atoms with E-state index in [1.165, 1.54) is 24.3 Å². The van der Waals surface area contributed by atoms with Gasteiger partial charge in [-0.3, -0.25) is 0 Å². The zero-order valence-electron chi connectivity index (χ0n) is 10.7. The van der Waals surface area contributed by atoms with E-state index in [-0.39, 0.29) is 18.2 Å². The highest BCUT2D eigenvalue weighted by Crippen LogP contribution is 2.19. The predicted octanol–water partition coefficient (Wildman–Crippen LogP) is 3.06. The van der Waals surface area contributed by atoms with Gasteiger partial charge in [0, 0.05) is 25.8 Å². The Kier molecular flexibility index (Phi) is 4.12. The van der Waals surface area contributed by atoms with Crippen LogP contribution in [0, 0.1) is 11.6 Å². The third kappa shape index (κ3) is 3.29. The maximum absolute atomic E-state index is 13.2. The molecule has 2 aromatic carbocycles. The van der Waals surface area contributed by atoms with Crippen LogP contribution >= 0.6 is 0 Å². The molecule has 0 fully saturated rings. The van der Waals surface area contributed by atoms with Crippen molar-refractivity contribution in [2.24, 2.45) is 5.73 Å². The Morgan fingerprint density at radius 2 is 1.74 bits per heavy atom. The van der Waals surface area contributed by atoms with Gasteiger partial charge >= 0.3 is 0 Å². The third-order valence-corrected chi connectivity index (χ3v) is 3.04. The van der Waals surface area contributed by atoms with Gasteiger partial charge in [-0.15, -0.1) is 0 Å². The topological polar surface area (TPSA) is 29.3 Å². The molecule has 0 unspecified atom stereocenters. The molecule has 0 aliphatic heterocycles. The van der Waals surface area contributed by atoms with E-state index < -0.39 is 0 Å². The highest BCUT2D eigenvalue weighted by Gasteiger charge is 2.07. The maximum Gasteiger partial charge on any atom is 0.125 e. The Morgan fingerprint density at radius 3 is 2.42 bits per heavy atom. The van der Waals surface area contributed by atoms with E-state index in [0.29, 0.717) is 6.54 Å². The van der Waals surface area contributed by atoms with E-state index in [9.17, 15) is 8.78 Å². The fourth-order valence-electron chi connectivity index (χ4n) is 2.00. The van der Waals surface area contributed by atoms with Crippen LogP contribution in [0.2, 0.25) is 0 Å². The van der Waals surface area contributed by atoms with Crippen LogP contribution in [0.3, 0.4) is 0 Å². The Bertz CT molecular complexity index is 570. The zero-order chi connectivity index (χ0) is 13.8. The van der Waals surface area contributed by atoms with Crippen LogP contribution in [0.15, 0.2) is 42.5 Å². The van der Waals surface area contributed by atoms with Gasteiger partial charge in [0.15, 0.2) is 0 Å². The van der Waals surface area contributed by atoms with Crippen LogP contribution in [-0.2, 0) is 13.1 Å². The van der Waals surface area contributed by atoms with E-state index in [1.807, 2.05) is 18.0 Å². The largest absolute Gasteiger partial charge is 0.370 e. The third-order valence-electron chi connectivity index (χ3n) is 3.04. The van der Waals surface area contributed by atoms with Crippen molar-refractivity contribution in [3.63, 3.8) is 0 Å². The van der Waals surface area contributed by atoms with Gasteiger partial charge in [-0.1, -0.05) is 12.1 Å². The van der Waals surface area contributed by atoms with E-state index >= 15 is 0 Å². The SMILES string of the molecule is CN(Cc1ccc(F)cc1CN)c1cccc(F)c1. The summed E-state index contributed by atoms with van der Waals surface area (Å²) < 4.78 is 26.3. The quantitative estimate of drug-likeness (QED) is 0.917. The summed E-state index contributed by atoms with van der Waals surface area (Å²) in [6.45, 7) is 0.834. The van der Waals surface area contributed by atoms with Crippen LogP contribution in [0.25, 0.3) is 0 Å². The lowest BCUT2D eigenvalue weighted by atomic mass is 10.1. The van der Waals surface area contributed by atoms with Gasteiger partial charge in [0.1, 0.15) is 11.6 Å². The minimum Gasteiger partial charge on any atom is -0.370 e. The highest BCUT2D eigenvalue weighted by molar-refractivity contribution is 5.47. The molecule has 0 saturated carbocycles. The molecule has 0 heterocycles. The second kappa shape index (κ2) is 5.80. The minimum absolute atomic E-state index is 0.275. The molecule has 0 bridgehead atoms. The fourth-order valence-corrected chi connectivity index (χ4v) is 2.00. The van der Waals surface area contributed by atoms with Crippen LogP contribution in [0.1, 0.15) is 11.1 Å². The number of hydrogen-bond donors (Lipinski definition) is 1. The average Bonchev–Trinajstić information content (AvgIpc) is 2.40. The summed E-state index contributed by atoms with van der Waals surface area (Å²) in [7, 11) is 1.86. The molecule has 2 nitrogen and oxygen atoms in total. The van der Waals surface area contributed by atoms with Crippen LogP contribution in [0.5, 0.6) is 0 Å². The van der Waals surface area contributed by atoms with Gasteiger partial charge in [0.05, 0.1) is 0 Å². The van der Waals surface area contributed by atoms with E-state index in [2.05, 4.69) is 0 Å². The molecule has 2 aromatic rings. The molecular weight excluding hydrogens is 246 g/mol. The molecule has 0 radical (unpaired) electrons. The first-order valence-electron chi connectivity index (χ1n) is 6.04. The molecule has 0 spiro atoms. The van der Waals surface area contributed by atoms with Crippen molar-refractivity contribution in [2.45, 2.75) is 13.1 Å². The predicted molar refractivity (Wildman–Crippen MR) is 72.8 cm³/mol. The number of anilines is 1. The van der Waals surface area contributed by atoms with E-state index in [4.69, 9.17) is 5.73 Å². The number of nitrogens with zero attached hydrogens (tertiary/aromatic N) is 1. The lowest BCUT2D eigenvalue weighted by Crippen LogP contribution is -2.18. The molecule has 19 heavy (non-hydrogen) atoms. The van der Waals surface area contributed by atoms with Gasteiger partial charge in [-0.05, 0) is 41.5 Å². The number of nitrogens with two attached hydrogens (primary N) is 1. The molecule has 0 amide bonds. The molecule has 100 valence electrons. The number of halogens is 2. The van der Waals surface area contributed by atoms with Gasteiger partial charge in [0.2, 0.25) is 0 Å². The van der Waals surface area contributed by atoms with Crippen molar-refractivity contribution in [1.29, 1.82) is 0 Å².